The summed E-state index contributed by atoms with van der Waals surface area (Å²) in [5.41, 5.74) is 9.82. The average Bonchev–Trinajstić information content (AvgIpc) is 2.66. The van der Waals surface area contributed by atoms with Crippen LogP contribution >= 0.6 is 0 Å². The van der Waals surface area contributed by atoms with Crippen molar-refractivity contribution in [3.05, 3.63) is 35.9 Å². The predicted octanol–water partition coefficient (Wildman–Crippen LogP) is 2.48. The van der Waals surface area contributed by atoms with Gasteiger partial charge in [-0.3, -0.25) is 0 Å². The van der Waals surface area contributed by atoms with E-state index in [0.717, 1.165) is 28.1 Å². The minimum Gasteiger partial charge on any atom is -0.441 e. The molecule has 0 fully saturated rings. The van der Waals surface area contributed by atoms with Gasteiger partial charge in [-0.05, 0) is 25.1 Å². The van der Waals surface area contributed by atoms with Crippen LogP contribution in [-0.2, 0) is 0 Å². The molecule has 2 aromatic heterocycles. The number of anilines is 1. The Bertz CT molecular complexity index is 713. The summed E-state index contributed by atoms with van der Waals surface area (Å²) < 4.78 is 5.50. The molecule has 0 saturated carbocycles. The van der Waals surface area contributed by atoms with Crippen LogP contribution < -0.4 is 5.73 Å². The molecule has 0 spiro atoms. The van der Waals surface area contributed by atoms with E-state index in [1.165, 1.54) is 0 Å². The molecule has 3 aromatic rings. The van der Waals surface area contributed by atoms with Crippen LogP contribution in [0.4, 0.5) is 5.95 Å². The van der Waals surface area contributed by atoms with Gasteiger partial charge in [0.05, 0.1) is 5.69 Å². The second-order valence-corrected chi connectivity index (χ2v) is 4.17. The zero-order chi connectivity index (χ0) is 12.7. The first kappa shape index (κ1) is 10.7. The molecule has 0 radical (unpaired) electrons. The first-order valence-electron chi connectivity index (χ1n) is 5.60. The van der Waals surface area contributed by atoms with Gasteiger partial charge in [0.1, 0.15) is 5.52 Å². The van der Waals surface area contributed by atoms with Gasteiger partial charge in [-0.15, -0.1) is 0 Å². The average molecular weight is 240 g/mol. The normalized spacial score (nSPS) is 11.0. The Balaban J connectivity index is 2.18. The highest BCUT2D eigenvalue weighted by Crippen LogP contribution is 2.24. The molecule has 5 nitrogen and oxygen atoms in total. The highest BCUT2D eigenvalue weighted by Gasteiger charge is 2.07. The minimum absolute atomic E-state index is 0.277. The molecule has 0 bridgehead atoms. The molecule has 0 aliphatic rings. The van der Waals surface area contributed by atoms with Crippen LogP contribution in [0.15, 0.2) is 28.7 Å². The van der Waals surface area contributed by atoms with E-state index in [0.29, 0.717) is 5.89 Å². The van der Waals surface area contributed by atoms with E-state index >= 15 is 0 Å². The minimum atomic E-state index is 0.277. The van der Waals surface area contributed by atoms with Gasteiger partial charge in [0, 0.05) is 18.2 Å². The van der Waals surface area contributed by atoms with E-state index in [1.807, 2.05) is 38.1 Å². The maximum Gasteiger partial charge on any atom is 0.220 e. The summed E-state index contributed by atoms with van der Waals surface area (Å²) in [4.78, 5) is 12.5. The molecule has 3 rings (SSSR count). The topological polar surface area (TPSA) is 77.8 Å². The maximum atomic E-state index is 5.66. The fraction of sp³-hybridized carbons (Fsp3) is 0.154. The van der Waals surface area contributed by atoms with Crippen LogP contribution in [0, 0.1) is 13.8 Å². The van der Waals surface area contributed by atoms with E-state index in [9.17, 15) is 0 Å². The molecule has 0 amide bonds. The van der Waals surface area contributed by atoms with Gasteiger partial charge in [0.2, 0.25) is 5.95 Å². The zero-order valence-electron chi connectivity index (χ0n) is 10.1. The first-order valence-corrected chi connectivity index (χ1v) is 5.60. The molecule has 2 N–H and O–H groups in total. The number of aromatic nitrogens is 3. The summed E-state index contributed by atoms with van der Waals surface area (Å²) in [6.45, 7) is 3.71. The van der Waals surface area contributed by atoms with Crippen molar-refractivity contribution in [3.8, 4) is 11.3 Å². The summed E-state index contributed by atoms with van der Waals surface area (Å²) in [6, 6.07) is 7.66. The van der Waals surface area contributed by atoms with Crippen molar-refractivity contribution >= 4 is 17.0 Å². The summed E-state index contributed by atoms with van der Waals surface area (Å²) in [6.07, 6.45) is 0. The number of oxazole rings is 1. The third-order valence-electron chi connectivity index (χ3n) is 2.66. The standard InChI is InChI=1S/C13H12N4O/c1-7-5-11(17-13(14)15-7)9-3-4-10-12(6-9)18-8(2)16-10/h3-6H,1-2H3,(H2,14,15,17). The quantitative estimate of drug-likeness (QED) is 0.707. The molecule has 0 saturated heterocycles. The molecule has 18 heavy (non-hydrogen) atoms. The summed E-state index contributed by atoms with van der Waals surface area (Å²) >= 11 is 0. The zero-order valence-corrected chi connectivity index (χ0v) is 10.1. The Morgan fingerprint density at radius 1 is 1.06 bits per heavy atom. The second kappa shape index (κ2) is 3.80. The number of nitrogens with zero attached hydrogens (tertiary/aromatic N) is 3. The molecule has 0 aliphatic heterocycles. The van der Waals surface area contributed by atoms with Crippen LogP contribution in [0.3, 0.4) is 0 Å². The van der Waals surface area contributed by atoms with Crippen LogP contribution in [0.5, 0.6) is 0 Å². The predicted molar refractivity (Wildman–Crippen MR) is 68.9 cm³/mol. The van der Waals surface area contributed by atoms with Gasteiger partial charge >= 0.3 is 0 Å². The Morgan fingerprint density at radius 2 is 1.89 bits per heavy atom. The molecule has 1 aromatic carbocycles. The number of nitrogens with two attached hydrogens (primary N) is 1. The molecule has 0 atom stereocenters. The van der Waals surface area contributed by atoms with Crippen LogP contribution in [0.25, 0.3) is 22.4 Å². The number of rotatable bonds is 1. The van der Waals surface area contributed by atoms with Crippen molar-refractivity contribution in [2.45, 2.75) is 13.8 Å². The molecular weight excluding hydrogens is 228 g/mol. The van der Waals surface area contributed by atoms with Crippen molar-refractivity contribution < 1.29 is 4.42 Å². The molecule has 0 unspecified atom stereocenters. The van der Waals surface area contributed by atoms with Gasteiger partial charge in [0.25, 0.3) is 0 Å². The fourth-order valence-corrected chi connectivity index (χ4v) is 1.94. The van der Waals surface area contributed by atoms with E-state index in [1.54, 1.807) is 0 Å². The molecule has 90 valence electrons. The molecule has 5 heteroatoms. The van der Waals surface area contributed by atoms with Crippen molar-refractivity contribution in [2.75, 3.05) is 5.73 Å². The summed E-state index contributed by atoms with van der Waals surface area (Å²) in [5, 5.41) is 0. The van der Waals surface area contributed by atoms with Crippen molar-refractivity contribution in [1.29, 1.82) is 0 Å². The lowest BCUT2D eigenvalue weighted by Gasteiger charge is -2.02. The number of hydrogen-bond acceptors (Lipinski definition) is 5. The number of nitrogen functional groups attached to an aromatic ring is 1. The SMILES string of the molecule is Cc1cc(-c2ccc3nc(C)oc3c2)nc(N)n1. The number of benzene rings is 1. The number of hydrogen-bond donors (Lipinski definition) is 1. The Kier molecular flexibility index (Phi) is 2.26. The highest BCUT2D eigenvalue weighted by molar-refractivity contribution is 5.79. The number of fused-ring (bicyclic) bond motifs is 1. The van der Waals surface area contributed by atoms with E-state index in [-0.39, 0.29) is 5.95 Å². The summed E-state index contributed by atoms with van der Waals surface area (Å²) in [5.74, 6) is 0.930. The van der Waals surface area contributed by atoms with Gasteiger partial charge in [-0.2, -0.15) is 0 Å². The Hall–Kier alpha value is -2.43. The number of aryl methyl sites for hydroxylation is 2. The van der Waals surface area contributed by atoms with Crippen molar-refractivity contribution in [3.63, 3.8) is 0 Å². The second-order valence-electron chi connectivity index (χ2n) is 4.17. The third kappa shape index (κ3) is 1.79. The van der Waals surface area contributed by atoms with E-state index in [4.69, 9.17) is 10.2 Å². The van der Waals surface area contributed by atoms with Crippen molar-refractivity contribution in [2.24, 2.45) is 0 Å². The van der Waals surface area contributed by atoms with Gasteiger partial charge in [0.15, 0.2) is 11.5 Å². The molecule has 2 heterocycles. The lowest BCUT2D eigenvalue weighted by molar-refractivity contribution is 0.561. The lowest BCUT2D eigenvalue weighted by atomic mass is 10.1. The maximum absolute atomic E-state index is 5.66. The van der Waals surface area contributed by atoms with Crippen molar-refractivity contribution in [1.82, 2.24) is 15.0 Å². The Morgan fingerprint density at radius 3 is 2.67 bits per heavy atom. The highest BCUT2D eigenvalue weighted by atomic mass is 16.3. The van der Waals surface area contributed by atoms with Gasteiger partial charge < -0.3 is 10.2 Å². The van der Waals surface area contributed by atoms with Gasteiger partial charge in [-0.25, -0.2) is 15.0 Å². The first-order chi connectivity index (χ1) is 8.61. The monoisotopic (exact) mass is 240 g/mol. The van der Waals surface area contributed by atoms with E-state index < -0.39 is 0 Å². The van der Waals surface area contributed by atoms with Crippen LogP contribution in [-0.4, -0.2) is 15.0 Å². The smallest absolute Gasteiger partial charge is 0.220 e. The Labute approximate surface area is 104 Å². The van der Waals surface area contributed by atoms with Crippen LogP contribution in [0.2, 0.25) is 0 Å². The summed E-state index contributed by atoms with van der Waals surface area (Å²) in [7, 11) is 0. The van der Waals surface area contributed by atoms with E-state index in [2.05, 4.69) is 15.0 Å². The van der Waals surface area contributed by atoms with Crippen LogP contribution in [0.1, 0.15) is 11.6 Å². The fourth-order valence-electron chi connectivity index (χ4n) is 1.94. The molecule has 0 aliphatic carbocycles. The largest absolute Gasteiger partial charge is 0.441 e. The lowest BCUT2D eigenvalue weighted by Crippen LogP contribution is -1.98. The third-order valence-corrected chi connectivity index (χ3v) is 2.66. The van der Waals surface area contributed by atoms with Gasteiger partial charge in [-0.1, -0.05) is 6.07 Å². The molecular formula is C13H12N4O.